The molecule has 1 aliphatic heterocycles. The SMILES string of the molecule is O=C(Nc1ccc(F)c(F)c1)N1CCCN(c2nc(Cc3ccccc3)ns2)CC1. The van der Waals surface area contributed by atoms with Crippen molar-refractivity contribution >= 4 is 28.4 Å². The van der Waals surface area contributed by atoms with E-state index in [1.165, 1.54) is 17.6 Å². The number of aromatic nitrogens is 2. The van der Waals surface area contributed by atoms with Crippen molar-refractivity contribution in [2.24, 2.45) is 0 Å². The predicted molar refractivity (Wildman–Crippen MR) is 113 cm³/mol. The fourth-order valence-corrected chi connectivity index (χ4v) is 4.05. The Kier molecular flexibility index (Phi) is 6.18. The molecule has 2 amide bonds. The van der Waals surface area contributed by atoms with Gasteiger partial charge in [-0.25, -0.2) is 18.6 Å². The minimum absolute atomic E-state index is 0.231. The first-order chi connectivity index (χ1) is 14.6. The third kappa shape index (κ3) is 4.91. The van der Waals surface area contributed by atoms with Gasteiger partial charge in [-0.2, -0.15) is 4.37 Å². The number of halogens is 2. The molecule has 1 aliphatic rings. The molecule has 0 spiro atoms. The molecule has 2 aromatic carbocycles. The van der Waals surface area contributed by atoms with Crippen LogP contribution in [0.15, 0.2) is 48.5 Å². The molecule has 156 valence electrons. The molecule has 2 heterocycles. The van der Waals surface area contributed by atoms with Crippen LogP contribution in [-0.4, -0.2) is 46.5 Å². The molecule has 0 saturated carbocycles. The first kappa shape index (κ1) is 20.2. The van der Waals surface area contributed by atoms with Gasteiger partial charge in [0.15, 0.2) is 11.6 Å². The molecule has 1 aromatic heterocycles. The molecule has 1 saturated heterocycles. The van der Waals surface area contributed by atoms with E-state index < -0.39 is 11.6 Å². The molecule has 9 heteroatoms. The quantitative estimate of drug-likeness (QED) is 0.677. The molecule has 3 aromatic rings. The second kappa shape index (κ2) is 9.17. The van der Waals surface area contributed by atoms with Gasteiger partial charge in [0.1, 0.15) is 5.82 Å². The lowest BCUT2D eigenvalue weighted by molar-refractivity contribution is 0.215. The second-order valence-electron chi connectivity index (χ2n) is 7.04. The highest BCUT2D eigenvalue weighted by atomic mass is 32.1. The van der Waals surface area contributed by atoms with E-state index in [1.54, 1.807) is 4.90 Å². The maximum Gasteiger partial charge on any atom is 0.321 e. The largest absolute Gasteiger partial charge is 0.345 e. The van der Waals surface area contributed by atoms with Crippen LogP contribution < -0.4 is 10.2 Å². The van der Waals surface area contributed by atoms with Crippen LogP contribution in [-0.2, 0) is 6.42 Å². The smallest absolute Gasteiger partial charge is 0.321 e. The fourth-order valence-electron chi connectivity index (χ4n) is 3.31. The van der Waals surface area contributed by atoms with Crippen molar-refractivity contribution in [2.75, 3.05) is 36.4 Å². The summed E-state index contributed by atoms with van der Waals surface area (Å²) in [7, 11) is 0. The lowest BCUT2D eigenvalue weighted by Crippen LogP contribution is -2.38. The van der Waals surface area contributed by atoms with E-state index in [4.69, 9.17) is 0 Å². The Bertz CT molecular complexity index is 1010. The van der Waals surface area contributed by atoms with Crippen LogP contribution in [0.5, 0.6) is 0 Å². The second-order valence-corrected chi connectivity index (χ2v) is 7.77. The number of rotatable bonds is 4. The molecule has 6 nitrogen and oxygen atoms in total. The van der Waals surface area contributed by atoms with E-state index in [2.05, 4.69) is 31.7 Å². The summed E-state index contributed by atoms with van der Waals surface area (Å²) in [6.45, 7) is 2.48. The maximum atomic E-state index is 13.4. The van der Waals surface area contributed by atoms with Crippen LogP contribution in [0.25, 0.3) is 0 Å². The summed E-state index contributed by atoms with van der Waals surface area (Å²) in [5, 5.41) is 3.48. The summed E-state index contributed by atoms with van der Waals surface area (Å²) >= 11 is 1.37. The van der Waals surface area contributed by atoms with Crippen LogP contribution in [0.1, 0.15) is 17.8 Å². The molecule has 0 bridgehead atoms. The Labute approximate surface area is 177 Å². The number of hydrogen-bond acceptors (Lipinski definition) is 5. The van der Waals surface area contributed by atoms with Gasteiger partial charge in [0.2, 0.25) is 5.13 Å². The third-order valence-electron chi connectivity index (χ3n) is 4.89. The molecule has 0 unspecified atom stereocenters. The van der Waals surface area contributed by atoms with Crippen molar-refractivity contribution in [2.45, 2.75) is 12.8 Å². The number of carbonyl (C=O) groups excluding carboxylic acids is 1. The van der Waals surface area contributed by atoms with Gasteiger partial charge in [-0.1, -0.05) is 30.3 Å². The number of anilines is 2. The van der Waals surface area contributed by atoms with Crippen molar-refractivity contribution in [1.29, 1.82) is 0 Å². The van der Waals surface area contributed by atoms with Gasteiger partial charge in [-0.15, -0.1) is 0 Å². The lowest BCUT2D eigenvalue weighted by atomic mass is 10.1. The van der Waals surface area contributed by atoms with Gasteiger partial charge in [0, 0.05) is 55.9 Å². The predicted octanol–water partition coefficient (Wildman–Crippen LogP) is 4.15. The highest BCUT2D eigenvalue weighted by Gasteiger charge is 2.21. The normalized spacial score (nSPS) is 14.5. The summed E-state index contributed by atoms with van der Waals surface area (Å²) < 4.78 is 30.9. The van der Waals surface area contributed by atoms with E-state index in [-0.39, 0.29) is 11.7 Å². The zero-order valence-electron chi connectivity index (χ0n) is 16.2. The molecule has 0 radical (unpaired) electrons. The molecular formula is C21H21F2N5OS. The standard InChI is InChI=1S/C21H21F2N5OS/c22-17-8-7-16(14-18(17)23)24-20(29)27-9-4-10-28(12-11-27)21-25-19(26-30-21)13-15-5-2-1-3-6-15/h1-3,5-8,14H,4,9-13H2,(H,24,29). The van der Waals surface area contributed by atoms with Crippen LogP contribution >= 0.6 is 11.5 Å². The summed E-state index contributed by atoms with van der Waals surface area (Å²) in [4.78, 5) is 21.0. The van der Waals surface area contributed by atoms with Crippen molar-refractivity contribution in [3.63, 3.8) is 0 Å². The third-order valence-corrected chi connectivity index (χ3v) is 5.70. The molecule has 1 N–H and O–H groups in total. The zero-order valence-corrected chi connectivity index (χ0v) is 17.0. The first-order valence-corrected chi connectivity index (χ1v) is 10.5. The number of amides is 2. The van der Waals surface area contributed by atoms with Crippen molar-refractivity contribution in [3.8, 4) is 0 Å². The Morgan fingerprint density at radius 3 is 2.67 bits per heavy atom. The number of urea groups is 1. The minimum Gasteiger partial charge on any atom is -0.345 e. The Balaban J connectivity index is 1.34. The van der Waals surface area contributed by atoms with E-state index in [9.17, 15) is 13.6 Å². The van der Waals surface area contributed by atoms with Gasteiger partial charge < -0.3 is 15.1 Å². The highest BCUT2D eigenvalue weighted by molar-refractivity contribution is 7.09. The van der Waals surface area contributed by atoms with Crippen LogP contribution in [0.3, 0.4) is 0 Å². The molecule has 0 atom stereocenters. The van der Waals surface area contributed by atoms with E-state index in [0.29, 0.717) is 26.1 Å². The van der Waals surface area contributed by atoms with Crippen molar-refractivity contribution in [1.82, 2.24) is 14.3 Å². The number of nitrogens with zero attached hydrogens (tertiary/aromatic N) is 4. The van der Waals surface area contributed by atoms with Gasteiger partial charge in [0.25, 0.3) is 0 Å². The Morgan fingerprint density at radius 1 is 1.03 bits per heavy atom. The zero-order chi connectivity index (χ0) is 20.9. The lowest BCUT2D eigenvalue weighted by Gasteiger charge is -2.22. The highest BCUT2D eigenvalue weighted by Crippen LogP contribution is 2.21. The monoisotopic (exact) mass is 429 g/mol. The van der Waals surface area contributed by atoms with Gasteiger partial charge >= 0.3 is 6.03 Å². The molecule has 0 aliphatic carbocycles. The molecular weight excluding hydrogens is 408 g/mol. The van der Waals surface area contributed by atoms with E-state index in [1.807, 2.05) is 18.2 Å². The summed E-state index contributed by atoms with van der Waals surface area (Å²) in [6, 6.07) is 13.1. The molecule has 4 rings (SSSR count). The van der Waals surface area contributed by atoms with Gasteiger partial charge in [0.05, 0.1) is 0 Å². The Hall–Kier alpha value is -3.07. The number of carbonyl (C=O) groups is 1. The topological polar surface area (TPSA) is 61.4 Å². The van der Waals surface area contributed by atoms with E-state index >= 15 is 0 Å². The fraction of sp³-hybridized carbons (Fsp3) is 0.286. The minimum atomic E-state index is -0.989. The summed E-state index contributed by atoms with van der Waals surface area (Å²) in [5.41, 5.74) is 1.40. The molecule has 1 fully saturated rings. The van der Waals surface area contributed by atoms with Crippen LogP contribution in [0.4, 0.5) is 24.4 Å². The van der Waals surface area contributed by atoms with Crippen molar-refractivity contribution < 1.29 is 13.6 Å². The first-order valence-electron chi connectivity index (χ1n) is 9.71. The van der Waals surface area contributed by atoms with Crippen molar-refractivity contribution in [3.05, 3.63) is 71.6 Å². The summed E-state index contributed by atoms with van der Waals surface area (Å²) in [5.74, 6) is -1.14. The maximum absolute atomic E-state index is 13.4. The number of benzene rings is 2. The van der Waals surface area contributed by atoms with Crippen LogP contribution in [0.2, 0.25) is 0 Å². The van der Waals surface area contributed by atoms with Gasteiger partial charge in [-0.05, 0) is 24.1 Å². The average Bonchev–Trinajstić information content (AvgIpc) is 3.06. The van der Waals surface area contributed by atoms with E-state index in [0.717, 1.165) is 41.6 Å². The van der Waals surface area contributed by atoms with Gasteiger partial charge in [-0.3, -0.25) is 0 Å². The number of nitrogens with one attached hydrogen (secondary N) is 1. The summed E-state index contributed by atoms with van der Waals surface area (Å²) in [6.07, 6.45) is 1.47. The molecule has 30 heavy (non-hydrogen) atoms. The number of hydrogen-bond donors (Lipinski definition) is 1. The Morgan fingerprint density at radius 2 is 1.87 bits per heavy atom. The average molecular weight is 429 g/mol. The van der Waals surface area contributed by atoms with Crippen LogP contribution in [0, 0.1) is 11.6 Å².